The van der Waals surface area contributed by atoms with Gasteiger partial charge in [0.2, 0.25) is 0 Å². The van der Waals surface area contributed by atoms with Crippen LogP contribution in [0, 0.1) is 19.3 Å². The van der Waals surface area contributed by atoms with Crippen LogP contribution in [0.3, 0.4) is 0 Å². The van der Waals surface area contributed by atoms with Gasteiger partial charge in [0.25, 0.3) is 0 Å². The summed E-state index contributed by atoms with van der Waals surface area (Å²) in [4.78, 5) is 2.41. The Hall–Kier alpha value is -2.19. The second kappa shape index (κ2) is 6.85. The van der Waals surface area contributed by atoms with Gasteiger partial charge < -0.3 is 15.2 Å². The van der Waals surface area contributed by atoms with Crippen LogP contribution in [0.5, 0.6) is 11.5 Å². The van der Waals surface area contributed by atoms with Crippen molar-refractivity contribution < 1.29 is 9.84 Å². The lowest BCUT2D eigenvalue weighted by molar-refractivity contribution is 0.120. The van der Waals surface area contributed by atoms with E-state index in [1.165, 1.54) is 0 Å². The Morgan fingerprint density at radius 1 is 1.38 bits per heavy atom. The van der Waals surface area contributed by atoms with E-state index in [4.69, 9.17) is 22.8 Å². The van der Waals surface area contributed by atoms with E-state index in [1.807, 2.05) is 25.1 Å². The number of halogens is 1. The van der Waals surface area contributed by atoms with E-state index < -0.39 is 0 Å². The number of nitrogens with one attached hydrogen (secondary N) is 1. The van der Waals surface area contributed by atoms with Gasteiger partial charge in [0, 0.05) is 42.9 Å². The molecule has 5 heteroatoms. The van der Waals surface area contributed by atoms with Crippen molar-refractivity contribution in [3.05, 3.63) is 46.0 Å². The molecule has 2 aromatic rings. The fourth-order valence-electron chi connectivity index (χ4n) is 3.90. The highest BCUT2D eigenvalue weighted by Gasteiger charge is 2.30. The van der Waals surface area contributed by atoms with Crippen LogP contribution < -0.4 is 10.1 Å². The number of hydrogen-bond donors (Lipinski definition) is 2. The van der Waals surface area contributed by atoms with Gasteiger partial charge in [-0.25, -0.2) is 0 Å². The minimum atomic E-state index is 0.165. The number of ether oxygens (including phenoxy) is 1. The number of benzene rings is 2. The zero-order chi connectivity index (χ0) is 18.3. The summed E-state index contributed by atoms with van der Waals surface area (Å²) < 4.78 is 6.17. The third kappa shape index (κ3) is 2.83. The van der Waals surface area contributed by atoms with Gasteiger partial charge in [-0.1, -0.05) is 29.7 Å². The number of phenolic OH excluding ortho intramolecular Hbond substituents is 1. The van der Waals surface area contributed by atoms with Crippen LogP contribution in [-0.2, 0) is 6.54 Å². The Morgan fingerprint density at radius 3 is 3.00 bits per heavy atom. The number of aryl methyl sites for hydroxylation is 1. The molecule has 4 nitrogen and oxygen atoms in total. The van der Waals surface area contributed by atoms with Gasteiger partial charge >= 0.3 is 0 Å². The summed E-state index contributed by atoms with van der Waals surface area (Å²) >= 11 is 6.66. The third-order valence-electron chi connectivity index (χ3n) is 5.22. The fourth-order valence-corrected chi connectivity index (χ4v) is 4.22. The van der Waals surface area contributed by atoms with Gasteiger partial charge in [0.05, 0.1) is 16.6 Å². The third-order valence-corrected chi connectivity index (χ3v) is 5.52. The van der Waals surface area contributed by atoms with Gasteiger partial charge in [-0.2, -0.15) is 0 Å². The molecule has 2 heterocycles. The van der Waals surface area contributed by atoms with Crippen LogP contribution in [-0.4, -0.2) is 42.3 Å². The average Bonchev–Trinajstić information content (AvgIpc) is 2.80. The second-order valence-electron chi connectivity index (χ2n) is 6.85. The summed E-state index contributed by atoms with van der Waals surface area (Å²) in [6, 6.07) is 7.64. The van der Waals surface area contributed by atoms with E-state index >= 15 is 0 Å². The number of rotatable bonds is 1. The maximum Gasteiger partial charge on any atom is 0.140 e. The molecule has 0 radical (unpaired) electrons. The van der Waals surface area contributed by atoms with Gasteiger partial charge in [0.15, 0.2) is 0 Å². The Labute approximate surface area is 158 Å². The number of aromatic hydroxyl groups is 1. The zero-order valence-electron chi connectivity index (χ0n) is 14.7. The first-order chi connectivity index (χ1) is 12.6. The highest BCUT2D eigenvalue weighted by atomic mass is 35.5. The first-order valence-corrected chi connectivity index (χ1v) is 9.16. The number of nitrogens with zero attached hydrogens (tertiary/aromatic N) is 1. The first-order valence-electron chi connectivity index (χ1n) is 8.78. The highest BCUT2D eigenvalue weighted by Crippen LogP contribution is 2.44. The molecular weight excluding hydrogens is 348 g/mol. The Kier molecular flexibility index (Phi) is 4.54. The van der Waals surface area contributed by atoms with Crippen molar-refractivity contribution >= 4 is 11.6 Å². The topological polar surface area (TPSA) is 44.7 Å². The van der Waals surface area contributed by atoms with Crippen molar-refractivity contribution in [2.24, 2.45) is 0 Å². The number of fused-ring (bicyclic) bond motifs is 2. The van der Waals surface area contributed by atoms with Crippen molar-refractivity contribution in [1.29, 1.82) is 0 Å². The lowest BCUT2D eigenvalue weighted by Crippen LogP contribution is -2.52. The van der Waals surface area contributed by atoms with E-state index in [1.54, 1.807) is 6.07 Å². The normalized spacial score (nSPS) is 19.7. The average molecular weight is 369 g/mol. The fraction of sp³-hybridized carbons (Fsp3) is 0.333. The van der Waals surface area contributed by atoms with E-state index in [2.05, 4.69) is 16.1 Å². The molecule has 1 atom stereocenters. The van der Waals surface area contributed by atoms with Crippen molar-refractivity contribution in [2.75, 3.05) is 26.2 Å². The standard InChI is InChI=1S/C21H21ClN2O2/c1-3-16-20(19-13(2)5-4-6-18(19)25)17(22)9-14-11-24-8-7-23-10-15(24)12-26-21(14)16/h1,4-6,9,15,23,25H,7-8,10-12H2,2H3/t15-/m1/s1. The van der Waals surface area contributed by atoms with Crippen LogP contribution in [0.25, 0.3) is 11.1 Å². The van der Waals surface area contributed by atoms with Gasteiger partial charge in [0.1, 0.15) is 18.1 Å². The molecule has 4 rings (SSSR count). The van der Waals surface area contributed by atoms with Crippen molar-refractivity contribution in [1.82, 2.24) is 10.2 Å². The maximum absolute atomic E-state index is 10.4. The molecule has 1 fully saturated rings. The Morgan fingerprint density at radius 2 is 2.23 bits per heavy atom. The van der Waals surface area contributed by atoms with Crippen LogP contribution >= 0.6 is 11.6 Å². The summed E-state index contributed by atoms with van der Waals surface area (Å²) in [6.45, 7) is 6.11. The predicted octanol–water partition coefficient (Wildman–Crippen LogP) is 3.17. The zero-order valence-corrected chi connectivity index (χ0v) is 15.4. The van der Waals surface area contributed by atoms with Gasteiger partial charge in [-0.15, -0.1) is 6.42 Å². The minimum absolute atomic E-state index is 0.165. The molecule has 0 saturated carbocycles. The molecule has 0 aromatic heterocycles. The summed E-state index contributed by atoms with van der Waals surface area (Å²) in [6.07, 6.45) is 5.88. The molecule has 0 unspecified atom stereocenters. The molecule has 2 aliphatic heterocycles. The number of phenols is 1. The monoisotopic (exact) mass is 368 g/mol. The first kappa shape index (κ1) is 17.2. The highest BCUT2D eigenvalue weighted by molar-refractivity contribution is 6.34. The van der Waals surface area contributed by atoms with Crippen molar-refractivity contribution in [2.45, 2.75) is 19.5 Å². The molecular formula is C21H21ClN2O2. The minimum Gasteiger partial charge on any atom is -0.507 e. The van der Waals surface area contributed by atoms with Gasteiger partial charge in [-0.3, -0.25) is 4.90 Å². The molecule has 0 amide bonds. The van der Waals surface area contributed by atoms with E-state index in [-0.39, 0.29) is 5.75 Å². The molecule has 2 aromatic carbocycles. The van der Waals surface area contributed by atoms with Crippen molar-refractivity contribution in [3.8, 4) is 35.0 Å². The number of terminal acetylenes is 1. The molecule has 0 bridgehead atoms. The molecule has 0 aliphatic carbocycles. The van der Waals surface area contributed by atoms with E-state index in [9.17, 15) is 5.11 Å². The molecule has 26 heavy (non-hydrogen) atoms. The Bertz CT molecular complexity index is 884. The predicted molar refractivity (Wildman–Crippen MR) is 104 cm³/mol. The number of piperazine rings is 1. The lowest BCUT2D eigenvalue weighted by Gasteiger charge is -2.33. The van der Waals surface area contributed by atoms with Crippen LogP contribution in [0.15, 0.2) is 24.3 Å². The van der Waals surface area contributed by atoms with Gasteiger partial charge in [-0.05, 0) is 24.6 Å². The van der Waals surface area contributed by atoms with Crippen LogP contribution in [0.2, 0.25) is 5.02 Å². The second-order valence-corrected chi connectivity index (χ2v) is 7.26. The molecule has 1 saturated heterocycles. The van der Waals surface area contributed by atoms with E-state index in [0.717, 1.165) is 37.3 Å². The maximum atomic E-state index is 10.4. The van der Waals surface area contributed by atoms with Crippen LogP contribution in [0.4, 0.5) is 0 Å². The lowest BCUT2D eigenvalue weighted by atomic mass is 9.92. The summed E-state index contributed by atoms with van der Waals surface area (Å²) in [5, 5.41) is 14.4. The van der Waals surface area contributed by atoms with Crippen molar-refractivity contribution in [3.63, 3.8) is 0 Å². The summed E-state index contributed by atoms with van der Waals surface area (Å²) in [5.74, 6) is 3.65. The molecule has 2 N–H and O–H groups in total. The molecule has 134 valence electrons. The quantitative estimate of drug-likeness (QED) is 0.759. The molecule has 2 aliphatic rings. The van der Waals surface area contributed by atoms with E-state index in [0.29, 0.717) is 40.1 Å². The SMILES string of the molecule is C#Cc1c2c(cc(Cl)c1-c1c(C)cccc1O)CN1CCNC[C@@H]1CO2. The molecule has 0 spiro atoms. The Balaban J connectivity index is 1.89. The number of hydrogen-bond acceptors (Lipinski definition) is 4. The summed E-state index contributed by atoms with van der Waals surface area (Å²) in [7, 11) is 0. The largest absolute Gasteiger partial charge is 0.507 e. The van der Waals surface area contributed by atoms with Crippen LogP contribution in [0.1, 0.15) is 16.7 Å². The smallest absolute Gasteiger partial charge is 0.140 e. The summed E-state index contributed by atoms with van der Waals surface area (Å²) in [5.41, 5.74) is 3.87.